The number of hydrogen-bond donors (Lipinski definition) is 1. The van der Waals surface area contributed by atoms with Crippen LogP contribution in [0.3, 0.4) is 0 Å². The number of amides is 1. The second kappa shape index (κ2) is 5.87. The molecule has 98 valence electrons. The van der Waals surface area contributed by atoms with Crippen LogP contribution in [0.25, 0.3) is 0 Å². The van der Waals surface area contributed by atoms with Gasteiger partial charge in [-0.25, -0.2) is 4.98 Å². The summed E-state index contributed by atoms with van der Waals surface area (Å²) in [5.74, 6) is 0.0850. The van der Waals surface area contributed by atoms with Crippen LogP contribution in [0.15, 0.2) is 12.1 Å². The molecular weight excluding hydrogens is 273 g/mol. The number of halogens is 2. The van der Waals surface area contributed by atoms with Crippen LogP contribution in [0.2, 0.25) is 10.3 Å². The highest BCUT2D eigenvalue weighted by Gasteiger charge is 2.28. The summed E-state index contributed by atoms with van der Waals surface area (Å²) in [6.45, 7) is 4.12. The highest BCUT2D eigenvalue weighted by molar-refractivity contribution is 6.32. The molecule has 6 heteroatoms. The third-order valence-corrected chi connectivity index (χ3v) is 3.63. The first kappa shape index (κ1) is 13.6. The maximum atomic E-state index is 11.7. The molecule has 1 aliphatic heterocycles. The van der Waals surface area contributed by atoms with Gasteiger partial charge in [-0.15, -0.1) is 0 Å². The van der Waals surface area contributed by atoms with Gasteiger partial charge in [0, 0.05) is 25.2 Å². The van der Waals surface area contributed by atoms with Gasteiger partial charge >= 0.3 is 0 Å². The molecule has 2 rings (SSSR count). The number of nitrogens with zero attached hydrogens (tertiary/aromatic N) is 2. The highest BCUT2D eigenvalue weighted by Crippen LogP contribution is 2.20. The highest BCUT2D eigenvalue weighted by atomic mass is 35.5. The monoisotopic (exact) mass is 287 g/mol. The molecule has 1 N–H and O–H groups in total. The van der Waals surface area contributed by atoms with Crippen molar-refractivity contribution < 1.29 is 4.79 Å². The quantitative estimate of drug-likeness (QED) is 0.866. The first-order valence-corrected chi connectivity index (χ1v) is 6.70. The van der Waals surface area contributed by atoms with Crippen molar-refractivity contribution in [3.05, 3.63) is 28.0 Å². The molecule has 0 saturated carbocycles. The number of carbonyl (C=O) groups is 1. The Kier molecular flexibility index (Phi) is 4.43. The average molecular weight is 288 g/mol. The van der Waals surface area contributed by atoms with E-state index in [0.29, 0.717) is 23.4 Å². The molecule has 2 heterocycles. The van der Waals surface area contributed by atoms with Crippen LogP contribution in [-0.2, 0) is 11.3 Å². The summed E-state index contributed by atoms with van der Waals surface area (Å²) >= 11 is 11.8. The SMILES string of the molecule is CCC1C(=O)NCCN1Cc1ccc(Cl)nc1Cl. The van der Waals surface area contributed by atoms with Gasteiger partial charge in [-0.05, 0) is 12.5 Å². The zero-order chi connectivity index (χ0) is 13.1. The Labute approximate surface area is 116 Å². The van der Waals surface area contributed by atoms with E-state index in [4.69, 9.17) is 23.2 Å². The van der Waals surface area contributed by atoms with E-state index in [9.17, 15) is 4.79 Å². The Morgan fingerprint density at radius 2 is 2.28 bits per heavy atom. The van der Waals surface area contributed by atoms with Crippen molar-refractivity contribution in [2.24, 2.45) is 0 Å². The molecule has 1 aromatic heterocycles. The summed E-state index contributed by atoms with van der Waals surface area (Å²) in [5, 5.41) is 3.66. The van der Waals surface area contributed by atoms with E-state index in [-0.39, 0.29) is 11.9 Å². The lowest BCUT2D eigenvalue weighted by Crippen LogP contribution is -2.54. The average Bonchev–Trinajstić information content (AvgIpc) is 2.33. The Morgan fingerprint density at radius 1 is 1.50 bits per heavy atom. The fourth-order valence-electron chi connectivity index (χ4n) is 2.17. The predicted molar refractivity (Wildman–Crippen MR) is 71.8 cm³/mol. The van der Waals surface area contributed by atoms with Gasteiger partial charge < -0.3 is 5.32 Å². The second-order valence-electron chi connectivity index (χ2n) is 4.27. The Bertz CT molecular complexity index is 453. The van der Waals surface area contributed by atoms with Crippen LogP contribution < -0.4 is 5.32 Å². The van der Waals surface area contributed by atoms with E-state index in [1.165, 1.54) is 0 Å². The van der Waals surface area contributed by atoms with Gasteiger partial charge in [0.1, 0.15) is 10.3 Å². The van der Waals surface area contributed by atoms with Crippen molar-refractivity contribution in [1.82, 2.24) is 15.2 Å². The molecule has 1 saturated heterocycles. The van der Waals surface area contributed by atoms with E-state index in [1.807, 2.05) is 13.0 Å². The molecule has 1 unspecified atom stereocenters. The van der Waals surface area contributed by atoms with E-state index < -0.39 is 0 Å². The van der Waals surface area contributed by atoms with Crippen molar-refractivity contribution in [2.45, 2.75) is 25.9 Å². The lowest BCUT2D eigenvalue weighted by atomic mass is 10.1. The number of aromatic nitrogens is 1. The zero-order valence-electron chi connectivity index (χ0n) is 10.1. The summed E-state index contributed by atoms with van der Waals surface area (Å²) in [5.41, 5.74) is 0.897. The lowest BCUT2D eigenvalue weighted by molar-refractivity contribution is -0.129. The number of pyridine rings is 1. The van der Waals surface area contributed by atoms with Gasteiger partial charge in [0.05, 0.1) is 6.04 Å². The van der Waals surface area contributed by atoms with Crippen molar-refractivity contribution in [2.75, 3.05) is 13.1 Å². The number of rotatable bonds is 3. The Hall–Kier alpha value is -0.840. The van der Waals surface area contributed by atoms with Gasteiger partial charge in [-0.1, -0.05) is 36.2 Å². The summed E-state index contributed by atoms with van der Waals surface area (Å²) in [6.07, 6.45) is 0.782. The summed E-state index contributed by atoms with van der Waals surface area (Å²) < 4.78 is 0. The molecule has 1 aliphatic rings. The fourth-order valence-corrected chi connectivity index (χ4v) is 2.58. The Balaban J connectivity index is 2.14. The van der Waals surface area contributed by atoms with Gasteiger partial charge in [0.25, 0.3) is 0 Å². The third kappa shape index (κ3) is 2.94. The normalized spacial score (nSPS) is 20.8. The number of piperazine rings is 1. The van der Waals surface area contributed by atoms with Gasteiger partial charge in [-0.2, -0.15) is 0 Å². The van der Waals surface area contributed by atoms with Crippen molar-refractivity contribution in [1.29, 1.82) is 0 Å². The fraction of sp³-hybridized carbons (Fsp3) is 0.500. The summed E-state index contributed by atoms with van der Waals surface area (Å²) in [7, 11) is 0. The van der Waals surface area contributed by atoms with E-state index >= 15 is 0 Å². The zero-order valence-corrected chi connectivity index (χ0v) is 11.6. The van der Waals surface area contributed by atoms with Gasteiger partial charge in [0.2, 0.25) is 5.91 Å². The molecule has 0 spiro atoms. The number of hydrogen-bond acceptors (Lipinski definition) is 3. The largest absolute Gasteiger partial charge is 0.353 e. The van der Waals surface area contributed by atoms with Crippen molar-refractivity contribution in [3.63, 3.8) is 0 Å². The molecule has 1 fully saturated rings. The molecule has 18 heavy (non-hydrogen) atoms. The van der Waals surface area contributed by atoms with Crippen LogP contribution >= 0.6 is 23.2 Å². The maximum absolute atomic E-state index is 11.7. The first-order chi connectivity index (χ1) is 8.61. The third-order valence-electron chi connectivity index (χ3n) is 3.09. The minimum absolute atomic E-state index is 0.0850. The number of carbonyl (C=O) groups excluding carboxylic acids is 1. The maximum Gasteiger partial charge on any atom is 0.237 e. The molecule has 1 atom stereocenters. The summed E-state index contributed by atoms with van der Waals surface area (Å²) in [4.78, 5) is 17.9. The molecule has 0 aromatic carbocycles. The molecule has 1 amide bonds. The molecule has 0 radical (unpaired) electrons. The van der Waals surface area contributed by atoms with Crippen LogP contribution in [0.4, 0.5) is 0 Å². The second-order valence-corrected chi connectivity index (χ2v) is 5.01. The minimum atomic E-state index is -0.0921. The molecule has 0 bridgehead atoms. The predicted octanol–water partition coefficient (Wildman–Crippen LogP) is 2.10. The van der Waals surface area contributed by atoms with E-state index in [2.05, 4.69) is 15.2 Å². The number of nitrogens with one attached hydrogen (secondary N) is 1. The molecular formula is C12H15Cl2N3O. The molecule has 4 nitrogen and oxygen atoms in total. The van der Waals surface area contributed by atoms with E-state index in [0.717, 1.165) is 18.5 Å². The van der Waals surface area contributed by atoms with Crippen molar-refractivity contribution >= 4 is 29.1 Å². The van der Waals surface area contributed by atoms with Gasteiger partial charge in [-0.3, -0.25) is 9.69 Å². The topological polar surface area (TPSA) is 45.2 Å². The molecule has 1 aromatic rings. The first-order valence-electron chi connectivity index (χ1n) is 5.94. The van der Waals surface area contributed by atoms with Gasteiger partial charge in [0.15, 0.2) is 0 Å². The smallest absolute Gasteiger partial charge is 0.237 e. The standard InChI is InChI=1S/C12H15Cl2N3O/c1-2-9-12(18)15-5-6-17(9)7-8-3-4-10(13)16-11(8)14/h3-4,9H,2,5-7H2,1H3,(H,15,18). The van der Waals surface area contributed by atoms with Crippen molar-refractivity contribution in [3.8, 4) is 0 Å². The lowest BCUT2D eigenvalue weighted by Gasteiger charge is -2.34. The van der Waals surface area contributed by atoms with Crippen LogP contribution in [0, 0.1) is 0 Å². The van der Waals surface area contributed by atoms with E-state index in [1.54, 1.807) is 6.07 Å². The van der Waals surface area contributed by atoms with Crippen LogP contribution in [-0.4, -0.2) is 34.9 Å². The van der Waals surface area contributed by atoms with Crippen LogP contribution in [0.5, 0.6) is 0 Å². The Morgan fingerprint density at radius 3 is 2.94 bits per heavy atom. The summed E-state index contributed by atoms with van der Waals surface area (Å²) in [6, 6.07) is 3.48. The van der Waals surface area contributed by atoms with Crippen LogP contribution in [0.1, 0.15) is 18.9 Å². The minimum Gasteiger partial charge on any atom is -0.353 e. The molecule has 0 aliphatic carbocycles.